The van der Waals surface area contributed by atoms with Gasteiger partial charge in [-0.15, -0.1) is 11.3 Å². The van der Waals surface area contributed by atoms with Gasteiger partial charge in [-0.3, -0.25) is 4.79 Å². The molecule has 100 valence electrons. The number of aliphatic hydroxyl groups excluding tert-OH is 1. The highest BCUT2D eigenvalue weighted by molar-refractivity contribution is 7.17. The van der Waals surface area contributed by atoms with Crippen molar-refractivity contribution in [1.82, 2.24) is 5.32 Å². The summed E-state index contributed by atoms with van der Waals surface area (Å²) in [7, 11) is 0. The van der Waals surface area contributed by atoms with Gasteiger partial charge in [0.05, 0.1) is 17.7 Å². The largest absolute Gasteiger partial charge is 0.391 e. The van der Waals surface area contributed by atoms with Crippen molar-refractivity contribution in [2.75, 3.05) is 0 Å². The second-order valence-electron chi connectivity index (χ2n) is 5.08. The minimum absolute atomic E-state index is 0.0663. The third-order valence-electron chi connectivity index (χ3n) is 3.77. The van der Waals surface area contributed by atoms with Gasteiger partial charge in [0, 0.05) is 15.5 Å². The predicted octanol–water partition coefficient (Wildman–Crippen LogP) is 2.93. The number of benzene rings is 1. The molecule has 1 aliphatic carbocycles. The highest BCUT2D eigenvalue weighted by atomic mass is 32.1. The van der Waals surface area contributed by atoms with E-state index in [4.69, 9.17) is 0 Å². The van der Waals surface area contributed by atoms with Crippen LogP contribution in [0.25, 0.3) is 10.1 Å². The lowest BCUT2D eigenvalue weighted by molar-refractivity contribution is 0.0718. The Balaban J connectivity index is 1.80. The quantitative estimate of drug-likeness (QED) is 0.885. The lowest BCUT2D eigenvalue weighted by Gasteiger charge is -2.28. The maximum absolute atomic E-state index is 12.3. The number of nitrogens with one attached hydrogen (secondary N) is 1. The van der Waals surface area contributed by atoms with Crippen LogP contribution in [0.2, 0.25) is 0 Å². The third-order valence-corrected chi connectivity index (χ3v) is 4.74. The summed E-state index contributed by atoms with van der Waals surface area (Å²) in [6.45, 7) is 0. The van der Waals surface area contributed by atoms with Crippen molar-refractivity contribution in [3.05, 3.63) is 35.2 Å². The fraction of sp³-hybridized carbons (Fsp3) is 0.400. The van der Waals surface area contributed by atoms with Crippen molar-refractivity contribution in [2.45, 2.75) is 37.8 Å². The van der Waals surface area contributed by atoms with Crippen LogP contribution in [0.4, 0.5) is 0 Å². The SMILES string of the molecule is O=C(NC1CCCCC1O)c1csc2ccccc12. The zero-order valence-electron chi connectivity index (χ0n) is 10.6. The van der Waals surface area contributed by atoms with Crippen LogP contribution in [0, 0.1) is 0 Å². The van der Waals surface area contributed by atoms with E-state index in [9.17, 15) is 9.90 Å². The first-order valence-corrected chi connectivity index (χ1v) is 7.59. The van der Waals surface area contributed by atoms with Crippen LogP contribution in [-0.4, -0.2) is 23.2 Å². The van der Waals surface area contributed by atoms with Gasteiger partial charge in [0.15, 0.2) is 0 Å². The monoisotopic (exact) mass is 275 g/mol. The number of rotatable bonds is 2. The van der Waals surface area contributed by atoms with Gasteiger partial charge < -0.3 is 10.4 Å². The summed E-state index contributed by atoms with van der Waals surface area (Å²) in [6.07, 6.45) is 3.38. The summed E-state index contributed by atoms with van der Waals surface area (Å²) < 4.78 is 1.12. The number of amides is 1. The molecule has 2 aromatic rings. The summed E-state index contributed by atoms with van der Waals surface area (Å²) in [6, 6.07) is 7.82. The van der Waals surface area contributed by atoms with E-state index in [0.717, 1.165) is 41.3 Å². The minimum Gasteiger partial charge on any atom is -0.391 e. The summed E-state index contributed by atoms with van der Waals surface area (Å²) >= 11 is 1.58. The van der Waals surface area contributed by atoms with Gasteiger partial charge in [-0.1, -0.05) is 31.0 Å². The highest BCUT2D eigenvalue weighted by Gasteiger charge is 2.25. The van der Waals surface area contributed by atoms with Crippen molar-refractivity contribution >= 4 is 27.3 Å². The van der Waals surface area contributed by atoms with Crippen LogP contribution < -0.4 is 5.32 Å². The fourth-order valence-corrected chi connectivity index (χ4v) is 3.62. The maximum Gasteiger partial charge on any atom is 0.253 e. The second-order valence-corrected chi connectivity index (χ2v) is 5.99. The van der Waals surface area contributed by atoms with Crippen LogP contribution in [0.5, 0.6) is 0 Å². The summed E-state index contributed by atoms with van der Waals surface area (Å²) in [5.74, 6) is -0.0663. The highest BCUT2D eigenvalue weighted by Crippen LogP contribution is 2.26. The maximum atomic E-state index is 12.3. The van der Waals surface area contributed by atoms with E-state index in [2.05, 4.69) is 5.32 Å². The topological polar surface area (TPSA) is 49.3 Å². The fourth-order valence-electron chi connectivity index (χ4n) is 2.68. The van der Waals surface area contributed by atoms with E-state index in [1.54, 1.807) is 11.3 Å². The van der Waals surface area contributed by atoms with Gasteiger partial charge in [0.2, 0.25) is 0 Å². The number of hydrogen-bond donors (Lipinski definition) is 2. The minimum atomic E-state index is -0.400. The first-order chi connectivity index (χ1) is 9.25. The van der Waals surface area contributed by atoms with E-state index in [0.29, 0.717) is 0 Å². The molecule has 1 aliphatic rings. The molecule has 1 aromatic carbocycles. The molecule has 2 atom stereocenters. The van der Waals surface area contributed by atoms with Crippen molar-refractivity contribution in [1.29, 1.82) is 0 Å². The number of carbonyl (C=O) groups is 1. The van der Waals surface area contributed by atoms with E-state index in [-0.39, 0.29) is 11.9 Å². The van der Waals surface area contributed by atoms with Crippen LogP contribution in [0.1, 0.15) is 36.0 Å². The molecule has 1 amide bonds. The van der Waals surface area contributed by atoms with Crippen LogP contribution >= 0.6 is 11.3 Å². The normalized spacial score (nSPS) is 23.4. The molecule has 0 saturated heterocycles. The molecule has 0 spiro atoms. The Labute approximate surface area is 116 Å². The number of fused-ring (bicyclic) bond motifs is 1. The Morgan fingerprint density at radius 1 is 1.26 bits per heavy atom. The lowest BCUT2D eigenvalue weighted by Crippen LogP contribution is -2.45. The number of hydrogen-bond acceptors (Lipinski definition) is 3. The van der Waals surface area contributed by atoms with E-state index in [1.807, 2.05) is 29.6 Å². The molecule has 1 aromatic heterocycles. The van der Waals surface area contributed by atoms with Crippen molar-refractivity contribution in [3.8, 4) is 0 Å². The lowest BCUT2D eigenvalue weighted by atomic mass is 9.92. The molecule has 0 radical (unpaired) electrons. The van der Waals surface area contributed by atoms with E-state index >= 15 is 0 Å². The summed E-state index contributed by atoms with van der Waals surface area (Å²) in [4.78, 5) is 12.3. The van der Waals surface area contributed by atoms with Crippen LogP contribution in [-0.2, 0) is 0 Å². The molecular weight excluding hydrogens is 258 g/mol. The molecular formula is C15H17NO2S. The van der Waals surface area contributed by atoms with Crippen molar-refractivity contribution < 1.29 is 9.90 Å². The Bertz CT molecular complexity index is 593. The van der Waals surface area contributed by atoms with E-state index in [1.165, 1.54) is 0 Å². The molecule has 1 fully saturated rings. The summed E-state index contributed by atoms with van der Waals surface area (Å²) in [5, 5.41) is 15.8. The first kappa shape index (κ1) is 12.6. The molecule has 0 bridgehead atoms. The van der Waals surface area contributed by atoms with Gasteiger partial charge >= 0.3 is 0 Å². The summed E-state index contributed by atoms with van der Waals surface area (Å²) in [5.41, 5.74) is 0.721. The van der Waals surface area contributed by atoms with Crippen molar-refractivity contribution in [3.63, 3.8) is 0 Å². The molecule has 4 heteroatoms. The standard InChI is InChI=1S/C15H17NO2S/c17-13-7-3-2-6-12(13)16-15(18)11-9-19-14-8-4-1-5-10(11)14/h1,4-5,8-9,12-13,17H,2-3,6-7H2,(H,16,18). The van der Waals surface area contributed by atoms with Gasteiger partial charge in [-0.2, -0.15) is 0 Å². The molecule has 3 rings (SSSR count). The van der Waals surface area contributed by atoms with Gasteiger partial charge in [-0.25, -0.2) is 0 Å². The van der Waals surface area contributed by atoms with Gasteiger partial charge in [0.25, 0.3) is 5.91 Å². The van der Waals surface area contributed by atoms with Gasteiger partial charge in [-0.05, 0) is 18.9 Å². The average Bonchev–Trinajstić information content (AvgIpc) is 2.85. The zero-order chi connectivity index (χ0) is 13.2. The molecule has 3 nitrogen and oxygen atoms in total. The smallest absolute Gasteiger partial charge is 0.253 e. The predicted molar refractivity (Wildman–Crippen MR) is 77.6 cm³/mol. The second kappa shape index (κ2) is 5.31. The molecule has 1 saturated carbocycles. The third kappa shape index (κ3) is 2.51. The van der Waals surface area contributed by atoms with Gasteiger partial charge in [0.1, 0.15) is 0 Å². The molecule has 1 heterocycles. The Kier molecular flexibility index (Phi) is 3.53. The van der Waals surface area contributed by atoms with Crippen LogP contribution in [0.15, 0.2) is 29.6 Å². The Hall–Kier alpha value is -1.39. The van der Waals surface area contributed by atoms with Crippen LogP contribution in [0.3, 0.4) is 0 Å². The molecule has 2 unspecified atom stereocenters. The Morgan fingerprint density at radius 3 is 2.89 bits per heavy atom. The molecule has 19 heavy (non-hydrogen) atoms. The average molecular weight is 275 g/mol. The van der Waals surface area contributed by atoms with E-state index < -0.39 is 6.10 Å². The number of thiophene rings is 1. The first-order valence-electron chi connectivity index (χ1n) is 6.71. The van der Waals surface area contributed by atoms with Crippen molar-refractivity contribution in [2.24, 2.45) is 0 Å². The zero-order valence-corrected chi connectivity index (χ0v) is 11.5. The molecule has 2 N–H and O–H groups in total. The Morgan fingerprint density at radius 2 is 2.05 bits per heavy atom. The molecule has 0 aliphatic heterocycles. The number of aliphatic hydroxyl groups is 1. The number of carbonyl (C=O) groups excluding carboxylic acids is 1.